The summed E-state index contributed by atoms with van der Waals surface area (Å²) in [7, 11) is 0. The molecule has 0 aromatic carbocycles. The summed E-state index contributed by atoms with van der Waals surface area (Å²) in [6.45, 7) is 3.11. The Morgan fingerprint density at radius 3 is 1.14 bits per heavy atom. The van der Waals surface area contributed by atoms with Crippen molar-refractivity contribution >= 4 is 17.6 Å². The molecular weight excluding hydrogens is 153 g/mol. The Kier molecular flexibility index (Phi) is 4.92. The molecule has 0 aromatic heterocycles. The van der Waals surface area contributed by atoms with Crippen molar-refractivity contribution in [2.75, 3.05) is 26.4 Å². The number of rotatable bonds is 0. The van der Waals surface area contributed by atoms with Crippen molar-refractivity contribution in [3.63, 3.8) is 0 Å². The van der Waals surface area contributed by atoms with Gasteiger partial charge in [0, 0.05) is 0 Å². The Labute approximate surface area is 54.2 Å². The molecule has 1 aliphatic rings. The maximum atomic E-state index is 4.94. The minimum atomic E-state index is 0. The van der Waals surface area contributed by atoms with Crippen molar-refractivity contribution < 1.29 is 9.47 Å². The van der Waals surface area contributed by atoms with Crippen molar-refractivity contribution in [2.45, 2.75) is 0 Å². The quantitative estimate of drug-likeness (QED) is 0.410. The van der Waals surface area contributed by atoms with Crippen LogP contribution in [0.1, 0.15) is 0 Å². The summed E-state index contributed by atoms with van der Waals surface area (Å²) in [6.07, 6.45) is 0. The van der Waals surface area contributed by atoms with Gasteiger partial charge in [0.15, 0.2) is 0 Å². The van der Waals surface area contributed by atoms with Crippen LogP contribution in [0.3, 0.4) is 0 Å². The Morgan fingerprint density at radius 1 is 0.714 bits per heavy atom. The molecule has 1 fully saturated rings. The molecule has 0 radical (unpaired) electrons. The molecule has 1 saturated heterocycles. The van der Waals surface area contributed by atoms with Gasteiger partial charge in [-0.3, -0.25) is 0 Å². The van der Waals surface area contributed by atoms with Crippen LogP contribution in [0.15, 0.2) is 0 Å². The van der Waals surface area contributed by atoms with E-state index in [2.05, 4.69) is 0 Å². The molecular formula is C4H12GeO2. The topological polar surface area (TPSA) is 18.5 Å². The molecule has 0 saturated carbocycles. The molecule has 0 N–H and O–H groups in total. The van der Waals surface area contributed by atoms with E-state index in [1.807, 2.05) is 0 Å². The van der Waals surface area contributed by atoms with E-state index >= 15 is 0 Å². The third-order valence-corrected chi connectivity index (χ3v) is 0.744. The predicted octanol–water partition coefficient (Wildman–Crippen LogP) is -1.42. The first-order valence-electron chi connectivity index (χ1n) is 2.15. The van der Waals surface area contributed by atoms with Crippen LogP contribution in [-0.2, 0) is 9.47 Å². The predicted molar refractivity (Wildman–Crippen MR) is 33.0 cm³/mol. The number of hydrogen-bond acceptors (Lipinski definition) is 2. The molecule has 0 aliphatic carbocycles. The number of ether oxygens (including phenoxy) is 2. The summed E-state index contributed by atoms with van der Waals surface area (Å²) in [4.78, 5) is 0. The molecule has 0 amide bonds. The van der Waals surface area contributed by atoms with Crippen LogP contribution in [0.5, 0.6) is 0 Å². The zero-order chi connectivity index (χ0) is 4.24. The Balaban J connectivity index is 0.000000360. The van der Waals surface area contributed by atoms with Crippen molar-refractivity contribution in [1.82, 2.24) is 0 Å². The molecule has 1 heterocycles. The average Bonchev–Trinajstić information content (AvgIpc) is 1.72. The summed E-state index contributed by atoms with van der Waals surface area (Å²) < 4.78 is 9.89. The van der Waals surface area contributed by atoms with E-state index in [1.54, 1.807) is 0 Å². The Hall–Kier alpha value is 0.463. The van der Waals surface area contributed by atoms with Crippen LogP contribution in [0.4, 0.5) is 0 Å². The molecule has 0 unspecified atom stereocenters. The van der Waals surface area contributed by atoms with Crippen LogP contribution in [0, 0.1) is 0 Å². The van der Waals surface area contributed by atoms with E-state index in [1.165, 1.54) is 0 Å². The second-order valence-corrected chi connectivity index (χ2v) is 1.22. The molecule has 0 aromatic rings. The monoisotopic (exact) mass is 166 g/mol. The fourth-order valence-corrected chi connectivity index (χ4v) is 0.440. The van der Waals surface area contributed by atoms with Gasteiger partial charge in [-0.15, -0.1) is 0 Å². The van der Waals surface area contributed by atoms with Gasteiger partial charge >= 0.3 is 17.6 Å². The second-order valence-electron chi connectivity index (χ2n) is 1.22. The fourth-order valence-electron chi connectivity index (χ4n) is 0.440. The molecule has 3 heteroatoms. The van der Waals surface area contributed by atoms with Crippen molar-refractivity contribution in [1.29, 1.82) is 0 Å². The van der Waals surface area contributed by atoms with E-state index in [9.17, 15) is 0 Å². The fraction of sp³-hybridized carbons (Fsp3) is 1.00. The van der Waals surface area contributed by atoms with Crippen molar-refractivity contribution in [2.24, 2.45) is 0 Å². The third kappa shape index (κ3) is 3.08. The summed E-state index contributed by atoms with van der Waals surface area (Å²) in [5.41, 5.74) is 0. The molecule has 1 rings (SSSR count). The minimum absolute atomic E-state index is 0. The summed E-state index contributed by atoms with van der Waals surface area (Å²) in [6, 6.07) is 0. The first-order chi connectivity index (χ1) is 3.00. The summed E-state index contributed by atoms with van der Waals surface area (Å²) in [5.74, 6) is 0. The second kappa shape index (κ2) is 4.62. The van der Waals surface area contributed by atoms with Gasteiger partial charge in [-0.1, -0.05) is 0 Å². The molecule has 1 aliphatic heterocycles. The molecule has 7 heavy (non-hydrogen) atoms. The molecule has 0 bridgehead atoms. The first-order valence-corrected chi connectivity index (χ1v) is 2.15. The van der Waals surface area contributed by atoms with E-state index in [-0.39, 0.29) is 17.6 Å². The third-order valence-electron chi connectivity index (χ3n) is 0.744. The van der Waals surface area contributed by atoms with Gasteiger partial charge < -0.3 is 9.47 Å². The van der Waals surface area contributed by atoms with E-state index in [4.69, 9.17) is 9.47 Å². The van der Waals surface area contributed by atoms with Gasteiger partial charge in [-0.25, -0.2) is 0 Å². The molecule has 44 valence electrons. The van der Waals surface area contributed by atoms with Crippen LogP contribution in [0.25, 0.3) is 0 Å². The molecule has 2 nitrogen and oxygen atoms in total. The van der Waals surface area contributed by atoms with Crippen molar-refractivity contribution in [3.8, 4) is 0 Å². The normalized spacial score (nSPS) is 20.6. The number of hydrogen-bond donors (Lipinski definition) is 0. The zero-order valence-corrected chi connectivity index (χ0v) is 3.64. The van der Waals surface area contributed by atoms with E-state index in [0.717, 1.165) is 26.4 Å². The average molecular weight is 165 g/mol. The van der Waals surface area contributed by atoms with Crippen molar-refractivity contribution in [3.05, 3.63) is 0 Å². The van der Waals surface area contributed by atoms with Gasteiger partial charge in [-0.05, 0) is 0 Å². The zero-order valence-electron chi connectivity index (χ0n) is 3.64. The van der Waals surface area contributed by atoms with Gasteiger partial charge in [0.2, 0.25) is 0 Å². The van der Waals surface area contributed by atoms with Crippen LogP contribution >= 0.6 is 0 Å². The van der Waals surface area contributed by atoms with E-state index in [0.29, 0.717) is 0 Å². The van der Waals surface area contributed by atoms with Gasteiger partial charge in [0.05, 0.1) is 26.4 Å². The maximum absolute atomic E-state index is 4.94. The van der Waals surface area contributed by atoms with Crippen LogP contribution in [-0.4, -0.2) is 44.0 Å². The van der Waals surface area contributed by atoms with Gasteiger partial charge in [0.1, 0.15) is 0 Å². The Morgan fingerprint density at radius 2 is 1.00 bits per heavy atom. The van der Waals surface area contributed by atoms with Gasteiger partial charge in [-0.2, -0.15) is 0 Å². The summed E-state index contributed by atoms with van der Waals surface area (Å²) in [5, 5.41) is 0. The summed E-state index contributed by atoms with van der Waals surface area (Å²) >= 11 is 0. The SMILES string of the molecule is C1COCCO1.[GeH4]. The van der Waals surface area contributed by atoms with Gasteiger partial charge in [0.25, 0.3) is 0 Å². The van der Waals surface area contributed by atoms with E-state index < -0.39 is 0 Å². The Bertz CT molecular complexity index is 25.2. The van der Waals surface area contributed by atoms with Crippen LogP contribution in [0.2, 0.25) is 0 Å². The molecule has 0 spiro atoms. The van der Waals surface area contributed by atoms with Crippen LogP contribution < -0.4 is 0 Å². The standard InChI is InChI=1S/C4H8O2.GeH4/c1-2-6-4-3-5-1;/h1-4H2;1H4. The first kappa shape index (κ1) is 7.46. The molecule has 0 atom stereocenters.